The Labute approximate surface area is 134 Å². The van der Waals surface area contributed by atoms with Gasteiger partial charge in [0.2, 0.25) is 5.95 Å². The first kappa shape index (κ1) is 15.5. The van der Waals surface area contributed by atoms with Gasteiger partial charge in [0.15, 0.2) is 22.9 Å². The van der Waals surface area contributed by atoms with E-state index >= 15 is 0 Å². The summed E-state index contributed by atoms with van der Waals surface area (Å²) in [6.45, 7) is 4.97. The number of hydrogen-bond donors (Lipinski definition) is 3. The molecule has 0 bridgehead atoms. The fraction of sp³-hybridized carbons (Fsp3) is 0.571. The van der Waals surface area contributed by atoms with Gasteiger partial charge in [-0.05, 0) is 26.7 Å². The molecule has 9 heteroatoms. The number of rotatable bonds is 4. The van der Waals surface area contributed by atoms with E-state index in [1.165, 1.54) is 0 Å². The summed E-state index contributed by atoms with van der Waals surface area (Å²) in [4.78, 5) is 19.6. The van der Waals surface area contributed by atoms with Gasteiger partial charge in [-0.25, -0.2) is 4.98 Å². The molecule has 3 heterocycles. The van der Waals surface area contributed by atoms with E-state index in [4.69, 9.17) is 11.5 Å². The average Bonchev–Trinajstić information content (AvgIpc) is 3.12. The molecule has 23 heavy (non-hydrogen) atoms. The zero-order chi connectivity index (χ0) is 16.6. The number of anilines is 1. The summed E-state index contributed by atoms with van der Waals surface area (Å²) < 4.78 is 1.95. The zero-order valence-electron chi connectivity index (χ0n) is 13.3. The first-order valence-electron chi connectivity index (χ1n) is 7.73. The molecule has 3 rings (SSSR count). The SMILES string of the molecule is CC(C)n1cnc2c(N=C(N)N)nc(N3CCC[C@@H]3CO)nc21. The van der Waals surface area contributed by atoms with Crippen LogP contribution in [-0.4, -0.2) is 49.8 Å². The number of nitrogens with two attached hydrogens (primary N) is 2. The number of aliphatic imine (C=N–C) groups is 1. The van der Waals surface area contributed by atoms with Crippen molar-refractivity contribution in [1.29, 1.82) is 0 Å². The molecule has 0 unspecified atom stereocenters. The van der Waals surface area contributed by atoms with Crippen molar-refractivity contribution in [3.8, 4) is 0 Å². The van der Waals surface area contributed by atoms with Gasteiger partial charge in [-0.15, -0.1) is 0 Å². The number of aromatic nitrogens is 4. The van der Waals surface area contributed by atoms with Crippen LogP contribution in [0.2, 0.25) is 0 Å². The maximum absolute atomic E-state index is 9.55. The predicted octanol–water partition coefficient (Wildman–Crippen LogP) is 0.273. The van der Waals surface area contributed by atoms with Crippen LogP contribution in [-0.2, 0) is 0 Å². The Morgan fingerprint density at radius 2 is 2.22 bits per heavy atom. The normalized spacial score (nSPS) is 18.1. The first-order valence-corrected chi connectivity index (χ1v) is 7.73. The number of imidazole rings is 1. The molecule has 0 amide bonds. The molecule has 124 valence electrons. The predicted molar refractivity (Wildman–Crippen MR) is 88.6 cm³/mol. The number of aliphatic hydroxyl groups excluding tert-OH is 1. The summed E-state index contributed by atoms with van der Waals surface area (Å²) in [6, 6.07) is 0.219. The molecule has 9 nitrogen and oxygen atoms in total. The van der Waals surface area contributed by atoms with Crippen LogP contribution in [0.3, 0.4) is 0 Å². The fourth-order valence-corrected chi connectivity index (χ4v) is 2.89. The highest BCUT2D eigenvalue weighted by Crippen LogP contribution is 2.29. The van der Waals surface area contributed by atoms with Crippen molar-refractivity contribution in [3.05, 3.63) is 6.33 Å². The summed E-state index contributed by atoms with van der Waals surface area (Å²) in [5.74, 6) is 0.805. The quantitative estimate of drug-likeness (QED) is 0.544. The lowest BCUT2D eigenvalue weighted by Crippen LogP contribution is -2.33. The lowest BCUT2D eigenvalue weighted by atomic mass is 10.2. The lowest BCUT2D eigenvalue weighted by molar-refractivity contribution is 0.265. The smallest absolute Gasteiger partial charge is 0.229 e. The van der Waals surface area contributed by atoms with Crippen LogP contribution in [0.5, 0.6) is 0 Å². The molecule has 2 aromatic rings. The van der Waals surface area contributed by atoms with Gasteiger partial charge in [0.25, 0.3) is 0 Å². The number of hydrogen-bond acceptors (Lipinski definition) is 6. The Bertz CT molecular complexity index is 734. The lowest BCUT2D eigenvalue weighted by Gasteiger charge is -2.23. The molecular formula is C14H22N8O. The van der Waals surface area contributed by atoms with Gasteiger partial charge >= 0.3 is 0 Å². The summed E-state index contributed by atoms with van der Waals surface area (Å²) in [6.07, 6.45) is 3.62. The van der Waals surface area contributed by atoms with E-state index in [-0.39, 0.29) is 24.7 Å². The monoisotopic (exact) mass is 318 g/mol. The van der Waals surface area contributed by atoms with E-state index in [1.807, 2.05) is 9.47 Å². The van der Waals surface area contributed by atoms with E-state index in [0.717, 1.165) is 19.4 Å². The van der Waals surface area contributed by atoms with Crippen molar-refractivity contribution in [1.82, 2.24) is 19.5 Å². The number of aliphatic hydroxyl groups is 1. The topological polar surface area (TPSA) is 131 Å². The summed E-state index contributed by atoms with van der Waals surface area (Å²) in [5, 5.41) is 9.55. The average molecular weight is 318 g/mol. The van der Waals surface area contributed by atoms with E-state index in [2.05, 4.69) is 33.8 Å². The van der Waals surface area contributed by atoms with Crippen molar-refractivity contribution < 1.29 is 5.11 Å². The van der Waals surface area contributed by atoms with Crippen LogP contribution in [0.15, 0.2) is 11.3 Å². The number of nitrogens with zero attached hydrogens (tertiary/aromatic N) is 6. The third-order valence-corrected chi connectivity index (χ3v) is 4.03. The largest absolute Gasteiger partial charge is 0.394 e. The third-order valence-electron chi connectivity index (χ3n) is 4.03. The molecule has 2 aromatic heterocycles. The molecule has 1 fully saturated rings. The van der Waals surface area contributed by atoms with Crippen molar-refractivity contribution in [2.24, 2.45) is 16.5 Å². The second-order valence-electron chi connectivity index (χ2n) is 5.97. The molecule has 0 saturated carbocycles. The van der Waals surface area contributed by atoms with E-state index < -0.39 is 0 Å². The second-order valence-corrected chi connectivity index (χ2v) is 5.97. The maximum Gasteiger partial charge on any atom is 0.229 e. The van der Waals surface area contributed by atoms with Crippen molar-refractivity contribution >= 4 is 28.9 Å². The Morgan fingerprint density at radius 3 is 2.87 bits per heavy atom. The summed E-state index contributed by atoms with van der Waals surface area (Å²) in [7, 11) is 0. The molecule has 0 aromatic carbocycles. The first-order chi connectivity index (χ1) is 11.0. The highest BCUT2D eigenvalue weighted by Gasteiger charge is 2.27. The second kappa shape index (κ2) is 5.99. The Balaban J connectivity index is 2.18. The molecule has 0 spiro atoms. The van der Waals surface area contributed by atoms with Crippen LogP contribution in [0.1, 0.15) is 32.7 Å². The van der Waals surface area contributed by atoms with Gasteiger partial charge in [0.05, 0.1) is 19.0 Å². The van der Waals surface area contributed by atoms with Crippen molar-refractivity contribution in [2.75, 3.05) is 18.1 Å². The van der Waals surface area contributed by atoms with Crippen LogP contribution in [0, 0.1) is 0 Å². The summed E-state index contributed by atoms with van der Waals surface area (Å²) >= 11 is 0. The van der Waals surface area contributed by atoms with Gasteiger partial charge in [-0.3, -0.25) is 0 Å². The molecular weight excluding hydrogens is 296 g/mol. The molecule has 1 atom stereocenters. The van der Waals surface area contributed by atoms with Crippen LogP contribution >= 0.6 is 0 Å². The third kappa shape index (κ3) is 2.79. The Kier molecular flexibility index (Phi) is 4.03. The molecule has 5 N–H and O–H groups in total. The van der Waals surface area contributed by atoms with Gasteiger partial charge in [0.1, 0.15) is 0 Å². The maximum atomic E-state index is 9.55. The van der Waals surface area contributed by atoms with E-state index in [1.54, 1.807) is 6.33 Å². The van der Waals surface area contributed by atoms with Crippen LogP contribution < -0.4 is 16.4 Å². The molecule has 0 radical (unpaired) electrons. The Morgan fingerprint density at radius 1 is 1.43 bits per heavy atom. The molecule has 1 aliphatic heterocycles. The minimum absolute atomic E-state index is 0.0231. The molecule has 0 aliphatic carbocycles. The van der Waals surface area contributed by atoms with Gasteiger partial charge < -0.3 is 26.0 Å². The molecule has 1 aliphatic rings. The van der Waals surface area contributed by atoms with Crippen LogP contribution in [0.25, 0.3) is 11.2 Å². The summed E-state index contributed by atoms with van der Waals surface area (Å²) in [5.41, 5.74) is 12.3. The van der Waals surface area contributed by atoms with E-state index in [9.17, 15) is 5.11 Å². The zero-order valence-corrected chi connectivity index (χ0v) is 13.3. The number of guanidine groups is 1. The van der Waals surface area contributed by atoms with Crippen molar-refractivity contribution in [3.63, 3.8) is 0 Å². The standard InChI is InChI=1S/C14H22N8O/c1-8(2)22-7-17-10-11(18-13(15)16)19-14(20-12(10)22)21-5-3-4-9(21)6-23/h7-9,23H,3-6H2,1-2H3,(H4,15,16,18,19,20)/t9-/m1/s1. The van der Waals surface area contributed by atoms with Crippen molar-refractivity contribution in [2.45, 2.75) is 38.8 Å². The fourth-order valence-electron chi connectivity index (χ4n) is 2.89. The minimum atomic E-state index is -0.0739. The highest BCUT2D eigenvalue weighted by molar-refractivity contribution is 5.88. The minimum Gasteiger partial charge on any atom is -0.394 e. The van der Waals surface area contributed by atoms with Gasteiger partial charge in [-0.2, -0.15) is 15.0 Å². The van der Waals surface area contributed by atoms with E-state index in [0.29, 0.717) is 22.9 Å². The highest BCUT2D eigenvalue weighted by atomic mass is 16.3. The van der Waals surface area contributed by atoms with Gasteiger partial charge in [-0.1, -0.05) is 0 Å². The number of fused-ring (bicyclic) bond motifs is 1. The molecule has 1 saturated heterocycles. The Hall–Kier alpha value is -2.42. The van der Waals surface area contributed by atoms with Crippen LogP contribution in [0.4, 0.5) is 11.8 Å². The van der Waals surface area contributed by atoms with Gasteiger partial charge in [0, 0.05) is 12.6 Å².